The zero-order valence-corrected chi connectivity index (χ0v) is 22.6. The van der Waals surface area contributed by atoms with Crippen LogP contribution in [0.5, 0.6) is 0 Å². The third-order valence-electron chi connectivity index (χ3n) is 5.85. The summed E-state index contributed by atoms with van der Waals surface area (Å²) in [7, 11) is 0. The minimum Gasteiger partial charge on any atom is -0.255 e. The lowest BCUT2D eigenvalue weighted by Gasteiger charge is -2.08. The molecule has 2 nitrogen and oxygen atoms in total. The van der Waals surface area contributed by atoms with Crippen molar-refractivity contribution in [2.45, 2.75) is 21.3 Å². The Labute approximate surface area is 233 Å². The smallest absolute Gasteiger partial charge is 0.0765 e. The molecule has 4 heteroatoms. The van der Waals surface area contributed by atoms with E-state index in [9.17, 15) is 0 Å². The normalized spacial score (nSPS) is 11.4. The van der Waals surface area contributed by atoms with E-state index in [1.165, 1.54) is 20.9 Å². The van der Waals surface area contributed by atoms with Gasteiger partial charge in [-0.1, -0.05) is 109 Å². The zero-order chi connectivity index (χ0) is 25.8. The fraction of sp³-hybridized carbons (Fsp3) is 0.0588. The van der Waals surface area contributed by atoms with Gasteiger partial charge in [0.25, 0.3) is 0 Å². The number of hydrogen-bond acceptors (Lipinski definition) is 4. The quantitative estimate of drug-likeness (QED) is 0.133. The summed E-state index contributed by atoms with van der Waals surface area (Å²) in [5.74, 6) is 1.81. The molecular weight excluding hydrogens is 501 g/mol. The average molecular weight is 529 g/mol. The van der Waals surface area contributed by atoms with Crippen molar-refractivity contribution < 1.29 is 0 Å². The first-order valence-electron chi connectivity index (χ1n) is 12.5. The van der Waals surface area contributed by atoms with Crippen molar-refractivity contribution in [3.8, 4) is 0 Å². The standard InChI is InChI=1S/C34H28N2S2/c1-3-11-27(12-4-1)23-35-31-15-7-9-17-33(31)37-25-29-19-21-30(22-20-29)26-38-34-18-10-8-16-32(34)36-24-28-13-5-2-6-14-28/h1-24H,25-26H2. The molecule has 0 N–H and O–H groups in total. The van der Waals surface area contributed by atoms with E-state index in [0.29, 0.717) is 0 Å². The van der Waals surface area contributed by atoms with E-state index in [-0.39, 0.29) is 0 Å². The lowest BCUT2D eigenvalue weighted by molar-refractivity contribution is 1.31. The highest BCUT2D eigenvalue weighted by Crippen LogP contribution is 2.33. The van der Waals surface area contributed by atoms with Gasteiger partial charge in [-0.05, 0) is 46.5 Å². The number of rotatable bonds is 10. The molecule has 0 atom stereocenters. The Kier molecular flexibility index (Phi) is 9.24. The Hall–Kier alpha value is -3.86. The Morgan fingerprint density at radius 2 is 0.789 bits per heavy atom. The molecule has 0 aliphatic rings. The maximum absolute atomic E-state index is 4.73. The molecule has 0 saturated carbocycles. The monoisotopic (exact) mass is 528 g/mol. The van der Waals surface area contributed by atoms with Gasteiger partial charge in [0, 0.05) is 33.7 Å². The van der Waals surface area contributed by atoms with Crippen LogP contribution in [0.3, 0.4) is 0 Å². The average Bonchev–Trinajstić information content (AvgIpc) is 2.99. The molecule has 0 bridgehead atoms. The minimum atomic E-state index is 0.905. The highest BCUT2D eigenvalue weighted by atomic mass is 32.2. The van der Waals surface area contributed by atoms with Gasteiger partial charge in [0.15, 0.2) is 0 Å². The lowest BCUT2D eigenvalue weighted by Crippen LogP contribution is -1.86. The highest BCUT2D eigenvalue weighted by molar-refractivity contribution is 7.99. The van der Waals surface area contributed by atoms with Crippen molar-refractivity contribution in [2.24, 2.45) is 9.98 Å². The molecule has 0 saturated heterocycles. The molecule has 0 aliphatic carbocycles. The predicted octanol–water partition coefficient (Wildman–Crippen LogP) is 9.77. The number of para-hydroxylation sites is 2. The van der Waals surface area contributed by atoms with E-state index in [1.54, 1.807) is 0 Å². The summed E-state index contributed by atoms with van der Waals surface area (Å²) in [5.41, 5.74) is 6.82. The molecule has 0 heterocycles. The van der Waals surface area contributed by atoms with Gasteiger partial charge in [-0.25, -0.2) is 0 Å². The van der Waals surface area contributed by atoms with Crippen LogP contribution < -0.4 is 0 Å². The Morgan fingerprint density at radius 1 is 0.421 bits per heavy atom. The summed E-state index contributed by atoms with van der Waals surface area (Å²) in [4.78, 5) is 11.8. The topological polar surface area (TPSA) is 24.7 Å². The van der Waals surface area contributed by atoms with Crippen molar-refractivity contribution in [3.63, 3.8) is 0 Å². The number of benzene rings is 5. The Morgan fingerprint density at radius 3 is 1.21 bits per heavy atom. The first kappa shape index (κ1) is 25.8. The summed E-state index contributed by atoms with van der Waals surface area (Å²) < 4.78 is 0. The van der Waals surface area contributed by atoms with Gasteiger partial charge < -0.3 is 0 Å². The second-order valence-corrected chi connectivity index (χ2v) is 10.7. The van der Waals surface area contributed by atoms with Crippen molar-refractivity contribution in [3.05, 3.63) is 156 Å². The lowest BCUT2D eigenvalue weighted by atomic mass is 10.2. The number of hydrogen-bond donors (Lipinski definition) is 0. The van der Waals surface area contributed by atoms with Gasteiger partial charge in [0.05, 0.1) is 11.4 Å². The van der Waals surface area contributed by atoms with Crippen LogP contribution in [0.25, 0.3) is 0 Å². The largest absolute Gasteiger partial charge is 0.255 e. The Bertz CT molecular complexity index is 1380. The van der Waals surface area contributed by atoms with Gasteiger partial charge in [-0.2, -0.15) is 0 Å². The number of aliphatic imine (C=N–C) groups is 2. The summed E-state index contributed by atoms with van der Waals surface area (Å²) in [5, 5.41) is 0. The fourth-order valence-corrected chi connectivity index (χ4v) is 5.71. The van der Waals surface area contributed by atoms with E-state index in [1.807, 2.05) is 84.5 Å². The van der Waals surface area contributed by atoms with Crippen molar-refractivity contribution in [1.29, 1.82) is 0 Å². The molecule has 0 aliphatic heterocycles. The minimum absolute atomic E-state index is 0.905. The van der Waals surface area contributed by atoms with Crippen LogP contribution in [-0.4, -0.2) is 12.4 Å². The molecule has 0 amide bonds. The molecule has 0 spiro atoms. The fourth-order valence-electron chi connectivity index (χ4n) is 3.79. The summed E-state index contributed by atoms with van der Waals surface area (Å²) in [6.07, 6.45) is 3.86. The van der Waals surface area contributed by atoms with Gasteiger partial charge in [0.1, 0.15) is 0 Å². The van der Waals surface area contributed by atoms with Crippen molar-refractivity contribution in [2.75, 3.05) is 0 Å². The zero-order valence-electron chi connectivity index (χ0n) is 21.0. The number of thioether (sulfide) groups is 2. The van der Waals surface area contributed by atoms with Gasteiger partial charge >= 0.3 is 0 Å². The molecule has 38 heavy (non-hydrogen) atoms. The van der Waals surface area contributed by atoms with Crippen molar-refractivity contribution >= 4 is 47.3 Å². The Balaban J connectivity index is 1.18. The third-order valence-corrected chi connectivity index (χ3v) is 8.11. The molecule has 5 aromatic rings. The van der Waals surface area contributed by atoms with Crippen LogP contribution in [0.1, 0.15) is 22.3 Å². The van der Waals surface area contributed by atoms with Gasteiger partial charge in [-0.15, -0.1) is 23.5 Å². The highest BCUT2D eigenvalue weighted by Gasteiger charge is 2.05. The number of nitrogens with zero attached hydrogens (tertiary/aromatic N) is 2. The first-order chi connectivity index (χ1) is 18.8. The van der Waals surface area contributed by atoms with E-state index in [4.69, 9.17) is 9.98 Å². The molecule has 0 unspecified atom stereocenters. The van der Waals surface area contributed by atoms with Gasteiger partial charge in [0.2, 0.25) is 0 Å². The third kappa shape index (κ3) is 7.58. The molecule has 0 radical (unpaired) electrons. The van der Waals surface area contributed by atoms with Crippen LogP contribution in [0.4, 0.5) is 11.4 Å². The first-order valence-corrected chi connectivity index (χ1v) is 14.5. The maximum Gasteiger partial charge on any atom is 0.0765 e. The predicted molar refractivity (Wildman–Crippen MR) is 166 cm³/mol. The summed E-state index contributed by atoms with van der Waals surface area (Å²) in [6.45, 7) is 0. The molecule has 5 aromatic carbocycles. The molecule has 0 aromatic heterocycles. The van der Waals surface area contributed by atoms with Crippen LogP contribution in [0, 0.1) is 0 Å². The van der Waals surface area contributed by atoms with Gasteiger partial charge in [-0.3, -0.25) is 9.98 Å². The second kappa shape index (κ2) is 13.6. The SMILES string of the molecule is C(=Nc1ccccc1SCc1ccc(CSc2ccccc2N=Cc2ccccc2)cc1)c1ccccc1. The second-order valence-electron chi connectivity index (χ2n) is 8.67. The van der Waals surface area contributed by atoms with E-state index in [2.05, 4.69) is 84.9 Å². The van der Waals surface area contributed by atoms with Crippen LogP contribution >= 0.6 is 23.5 Å². The molecular formula is C34H28N2S2. The van der Waals surface area contributed by atoms with Crippen LogP contribution in [-0.2, 0) is 11.5 Å². The van der Waals surface area contributed by atoms with E-state index < -0.39 is 0 Å². The van der Waals surface area contributed by atoms with Crippen molar-refractivity contribution in [1.82, 2.24) is 0 Å². The van der Waals surface area contributed by atoms with E-state index >= 15 is 0 Å². The van der Waals surface area contributed by atoms with Crippen LogP contribution in [0.15, 0.2) is 153 Å². The molecule has 0 fully saturated rings. The molecule has 186 valence electrons. The summed E-state index contributed by atoms with van der Waals surface area (Å²) >= 11 is 3.64. The maximum atomic E-state index is 4.73. The van der Waals surface area contributed by atoms with E-state index in [0.717, 1.165) is 34.0 Å². The molecule has 5 rings (SSSR count). The van der Waals surface area contributed by atoms with Crippen LogP contribution in [0.2, 0.25) is 0 Å². The summed E-state index contributed by atoms with van der Waals surface area (Å²) in [6, 6.07) is 46.0.